The van der Waals surface area contributed by atoms with Crippen molar-refractivity contribution in [3.8, 4) is 11.5 Å². The Balaban J connectivity index is 1.70. The van der Waals surface area contributed by atoms with Crippen LogP contribution in [0.2, 0.25) is 0 Å². The number of hydrogen-bond donors (Lipinski definition) is 0. The summed E-state index contributed by atoms with van der Waals surface area (Å²) in [6.45, 7) is 1.68. The Morgan fingerprint density at radius 2 is 2.05 bits per heavy atom. The van der Waals surface area contributed by atoms with Crippen LogP contribution < -0.4 is 9.47 Å². The average molecular weight is 279 g/mol. The van der Waals surface area contributed by atoms with Crippen LogP contribution in [0.5, 0.6) is 11.5 Å². The minimum absolute atomic E-state index is 0.406. The molecule has 0 fully saturated rings. The molecule has 0 aliphatic carbocycles. The number of methoxy groups -OCH3 is 1. The fourth-order valence-corrected chi connectivity index (χ4v) is 3.15. The maximum Gasteiger partial charge on any atom is 0.128 e. The molecule has 2 heterocycles. The smallest absolute Gasteiger partial charge is 0.128 e. The zero-order valence-corrected chi connectivity index (χ0v) is 12.0. The molecule has 0 radical (unpaired) electrons. The van der Waals surface area contributed by atoms with E-state index in [0.717, 1.165) is 30.0 Å². The molecular weight excluding hydrogens is 262 g/mol. The second-order valence-electron chi connectivity index (χ2n) is 5.41. The number of fused-ring (bicyclic) bond motifs is 2. The summed E-state index contributed by atoms with van der Waals surface area (Å²) < 4.78 is 13.5. The van der Waals surface area contributed by atoms with Crippen LogP contribution in [0.1, 0.15) is 11.5 Å². The molecule has 2 aromatic carbocycles. The van der Waals surface area contributed by atoms with E-state index in [1.165, 1.54) is 11.1 Å². The van der Waals surface area contributed by atoms with Gasteiger partial charge in [0.25, 0.3) is 0 Å². The molecule has 3 nitrogen and oxygen atoms in total. The van der Waals surface area contributed by atoms with Crippen LogP contribution in [0.3, 0.4) is 0 Å². The van der Waals surface area contributed by atoms with Gasteiger partial charge in [0.05, 0.1) is 19.2 Å². The van der Waals surface area contributed by atoms with Gasteiger partial charge in [-0.25, -0.2) is 0 Å². The van der Waals surface area contributed by atoms with Gasteiger partial charge in [-0.05, 0) is 24.3 Å². The second kappa shape index (κ2) is 4.85. The molecule has 0 amide bonds. The number of para-hydroxylation sites is 1. The van der Waals surface area contributed by atoms with Crippen LogP contribution in [0.25, 0.3) is 10.9 Å². The average Bonchev–Trinajstić information content (AvgIpc) is 3.13. The molecule has 0 bridgehead atoms. The molecule has 1 aromatic heterocycles. The highest BCUT2D eigenvalue weighted by Gasteiger charge is 2.24. The van der Waals surface area contributed by atoms with Crippen molar-refractivity contribution >= 4 is 10.9 Å². The van der Waals surface area contributed by atoms with Crippen molar-refractivity contribution in [3.05, 3.63) is 60.3 Å². The van der Waals surface area contributed by atoms with E-state index >= 15 is 0 Å². The normalized spacial score (nSPS) is 16.7. The van der Waals surface area contributed by atoms with Crippen LogP contribution in [0, 0.1) is 0 Å². The maximum absolute atomic E-state index is 5.78. The molecule has 4 rings (SSSR count). The first kappa shape index (κ1) is 12.3. The van der Waals surface area contributed by atoms with Crippen molar-refractivity contribution in [1.29, 1.82) is 0 Å². The lowest BCUT2D eigenvalue weighted by molar-refractivity contribution is 0.320. The zero-order valence-electron chi connectivity index (χ0n) is 12.0. The van der Waals surface area contributed by atoms with E-state index < -0.39 is 0 Å². The van der Waals surface area contributed by atoms with Crippen molar-refractivity contribution < 1.29 is 9.47 Å². The van der Waals surface area contributed by atoms with Gasteiger partial charge < -0.3 is 14.0 Å². The molecule has 21 heavy (non-hydrogen) atoms. The van der Waals surface area contributed by atoms with E-state index in [-0.39, 0.29) is 0 Å². The summed E-state index contributed by atoms with van der Waals surface area (Å²) in [5.74, 6) is 2.36. The molecule has 0 N–H and O–H groups in total. The lowest BCUT2D eigenvalue weighted by atomic mass is 10.0. The van der Waals surface area contributed by atoms with Gasteiger partial charge in [0.2, 0.25) is 0 Å². The Labute approximate surface area is 123 Å². The Bertz CT molecular complexity index is 791. The number of nitrogens with zero attached hydrogens (tertiary/aromatic N) is 1. The lowest BCUT2D eigenvalue weighted by Gasteiger charge is -2.12. The first-order valence-corrected chi connectivity index (χ1v) is 7.20. The van der Waals surface area contributed by atoms with E-state index in [1.54, 1.807) is 7.11 Å². The summed E-state index contributed by atoms with van der Waals surface area (Å²) in [6.07, 6.45) is 2.13. The number of benzene rings is 2. The molecule has 1 aliphatic rings. The Hall–Kier alpha value is -2.42. The first-order valence-electron chi connectivity index (χ1n) is 7.20. The lowest BCUT2D eigenvalue weighted by Crippen LogP contribution is -2.09. The molecule has 3 aromatic rings. The van der Waals surface area contributed by atoms with Gasteiger partial charge in [0, 0.05) is 29.6 Å². The number of rotatable bonds is 3. The molecule has 0 saturated heterocycles. The molecule has 0 saturated carbocycles. The van der Waals surface area contributed by atoms with Crippen molar-refractivity contribution in [2.75, 3.05) is 13.7 Å². The highest BCUT2D eigenvalue weighted by Crippen LogP contribution is 2.35. The third kappa shape index (κ3) is 1.97. The zero-order chi connectivity index (χ0) is 14.2. The predicted molar refractivity (Wildman–Crippen MR) is 83.2 cm³/mol. The summed E-state index contributed by atoms with van der Waals surface area (Å²) in [5.41, 5.74) is 2.51. The van der Waals surface area contributed by atoms with Crippen LogP contribution in [0.15, 0.2) is 54.7 Å². The fraction of sp³-hybridized carbons (Fsp3) is 0.222. The van der Waals surface area contributed by atoms with Gasteiger partial charge in [0.15, 0.2) is 0 Å². The summed E-state index contributed by atoms with van der Waals surface area (Å²) in [4.78, 5) is 0. The highest BCUT2D eigenvalue weighted by atomic mass is 16.5. The molecular formula is C18H17NO2. The van der Waals surface area contributed by atoms with E-state index in [9.17, 15) is 0 Å². The molecule has 106 valence electrons. The largest absolute Gasteiger partial charge is 0.496 e. The van der Waals surface area contributed by atoms with Gasteiger partial charge in [-0.15, -0.1) is 0 Å². The topological polar surface area (TPSA) is 23.4 Å². The third-order valence-electron chi connectivity index (χ3n) is 4.21. The monoisotopic (exact) mass is 279 g/mol. The van der Waals surface area contributed by atoms with E-state index in [1.807, 2.05) is 24.3 Å². The minimum Gasteiger partial charge on any atom is -0.496 e. The number of ether oxygens (including phenoxy) is 2. The van der Waals surface area contributed by atoms with Gasteiger partial charge in [-0.1, -0.05) is 24.3 Å². The van der Waals surface area contributed by atoms with Crippen molar-refractivity contribution in [3.63, 3.8) is 0 Å². The van der Waals surface area contributed by atoms with Gasteiger partial charge in [-0.2, -0.15) is 0 Å². The van der Waals surface area contributed by atoms with Crippen molar-refractivity contribution in [2.45, 2.75) is 12.5 Å². The third-order valence-corrected chi connectivity index (χ3v) is 4.21. The SMILES string of the molecule is COc1cccc2c1ccn2CC1COc2ccccc21. The van der Waals surface area contributed by atoms with Gasteiger partial charge >= 0.3 is 0 Å². The molecule has 3 heteroatoms. The fourth-order valence-electron chi connectivity index (χ4n) is 3.15. The maximum atomic E-state index is 5.78. The highest BCUT2D eigenvalue weighted by molar-refractivity contribution is 5.86. The molecule has 1 aliphatic heterocycles. The summed E-state index contributed by atoms with van der Waals surface area (Å²) in [6, 6.07) is 16.6. The molecule has 0 spiro atoms. The second-order valence-corrected chi connectivity index (χ2v) is 5.41. The first-order chi connectivity index (χ1) is 10.4. The van der Waals surface area contributed by atoms with Gasteiger partial charge in [0.1, 0.15) is 11.5 Å². The van der Waals surface area contributed by atoms with E-state index in [4.69, 9.17) is 9.47 Å². The van der Waals surface area contributed by atoms with E-state index in [0.29, 0.717) is 5.92 Å². The van der Waals surface area contributed by atoms with Crippen LogP contribution in [0.4, 0.5) is 0 Å². The Morgan fingerprint density at radius 3 is 2.95 bits per heavy atom. The van der Waals surface area contributed by atoms with Crippen molar-refractivity contribution in [1.82, 2.24) is 4.57 Å². The van der Waals surface area contributed by atoms with Crippen LogP contribution in [-0.4, -0.2) is 18.3 Å². The standard InChI is InChI=1S/C18H17NO2/c1-20-17-8-4-6-16-15(17)9-10-19(16)11-13-12-21-18-7-3-2-5-14(13)18/h2-10,13H,11-12H2,1H3. The number of hydrogen-bond acceptors (Lipinski definition) is 2. The Morgan fingerprint density at radius 1 is 1.14 bits per heavy atom. The molecule has 1 atom stereocenters. The quantitative estimate of drug-likeness (QED) is 0.727. The van der Waals surface area contributed by atoms with Crippen molar-refractivity contribution in [2.24, 2.45) is 0 Å². The van der Waals surface area contributed by atoms with Gasteiger partial charge in [-0.3, -0.25) is 0 Å². The van der Waals surface area contributed by atoms with Crippen LogP contribution >= 0.6 is 0 Å². The number of aromatic nitrogens is 1. The summed E-state index contributed by atoms with van der Waals surface area (Å²) in [7, 11) is 1.72. The minimum atomic E-state index is 0.406. The Kier molecular flexibility index (Phi) is 2.85. The summed E-state index contributed by atoms with van der Waals surface area (Å²) in [5, 5.41) is 1.16. The predicted octanol–water partition coefficient (Wildman–Crippen LogP) is 3.83. The molecule has 1 unspecified atom stereocenters. The summed E-state index contributed by atoms with van der Waals surface area (Å²) >= 11 is 0. The van der Waals surface area contributed by atoms with E-state index in [2.05, 4.69) is 35.0 Å². The van der Waals surface area contributed by atoms with Crippen LogP contribution in [-0.2, 0) is 6.54 Å².